The largest absolute Gasteiger partial charge is 0.398 e. The van der Waals surface area contributed by atoms with Crippen molar-refractivity contribution >= 4 is 34.2 Å². The van der Waals surface area contributed by atoms with Crippen LogP contribution >= 0.6 is 11.6 Å². The highest BCUT2D eigenvalue weighted by Gasteiger charge is 2.19. The minimum atomic E-state index is 0.0175. The van der Waals surface area contributed by atoms with Crippen LogP contribution in [-0.4, -0.2) is 5.78 Å². The molecule has 2 N–H and O–H groups in total. The molecule has 0 heterocycles. The molecule has 160 valence electrons. The number of anilines is 1. The number of rotatable bonds is 6. The molecule has 0 saturated heterocycles. The zero-order valence-corrected chi connectivity index (χ0v) is 20.0. The molecule has 30 heavy (non-hydrogen) atoms. The van der Waals surface area contributed by atoms with Crippen LogP contribution in [0, 0.1) is 12.8 Å². The monoisotopic (exact) mass is 423 g/mol. The molecule has 0 aliphatic rings. The predicted molar refractivity (Wildman–Crippen MR) is 134 cm³/mol. The fourth-order valence-electron chi connectivity index (χ4n) is 3.22. The van der Waals surface area contributed by atoms with Crippen LogP contribution in [0.2, 0.25) is 5.02 Å². The van der Waals surface area contributed by atoms with E-state index in [4.69, 9.17) is 17.3 Å². The van der Waals surface area contributed by atoms with Gasteiger partial charge in [-0.25, -0.2) is 0 Å². The number of halogens is 1. The van der Waals surface area contributed by atoms with Crippen molar-refractivity contribution in [1.82, 2.24) is 0 Å². The van der Waals surface area contributed by atoms with E-state index in [1.165, 1.54) is 5.56 Å². The maximum atomic E-state index is 11.8. The van der Waals surface area contributed by atoms with Gasteiger partial charge in [0.25, 0.3) is 0 Å². The van der Waals surface area contributed by atoms with Crippen LogP contribution in [0.3, 0.4) is 0 Å². The summed E-state index contributed by atoms with van der Waals surface area (Å²) in [5.41, 5.74) is 13.5. The molecule has 3 heteroatoms. The number of hydrogen-bond donors (Lipinski definition) is 1. The van der Waals surface area contributed by atoms with Gasteiger partial charge in [-0.1, -0.05) is 81.8 Å². The van der Waals surface area contributed by atoms with Crippen LogP contribution in [0.15, 0.2) is 60.7 Å². The summed E-state index contributed by atoms with van der Waals surface area (Å²) in [6.07, 6.45) is 3.71. The van der Waals surface area contributed by atoms with Gasteiger partial charge >= 0.3 is 0 Å². The molecular formula is C27H34ClNO. The summed E-state index contributed by atoms with van der Waals surface area (Å²) >= 11 is 6.36. The Morgan fingerprint density at radius 3 is 2.13 bits per heavy atom. The van der Waals surface area contributed by atoms with E-state index in [1.807, 2.05) is 39.0 Å². The average Bonchev–Trinajstić information content (AvgIpc) is 2.71. The second-order valence-corrected chi connectivity index (χ2v) is 7.74. The van der Waals surface area contributed by atoms with Gasteiger partial charge in [-0.15, -0.1) is 0 Å². The minimum absolute atomic E-state index is 0.0175. The van der Waals surface area contributed by atoms with E-state index in [1.54, 1.807) is 13.0 Å². The van der Waals surface area contributed by atoms with E-state index in [2.05, 4.69) is 51.6 Å². The van der Waals surface area contributed by atoms with Gasteiger partial charge in [0.15, 0.2) is 5.78 Å². The van der Waals surface area contributed by atoms with Crippen molar-refractivity contribution in [2.45, 2.75) is 48.5 Å². The third-order valence-electron chi connectivity index (χ3n) is 4.73. The first-order chi connectivity index (χ1) is 14.1. The molecule has 2 rings (SSSR count). The molecule has 0 aromatic heterocycles. The molecule has 2 aromatic rings. The lowest BCUT2D eigenvalue weighted by atomic mass is 9.84. The van der Waals surface area contributed by atoms with Crippen LogP contribution in [0.5, 0.6) is 0 Å². The molecule has 0 saturated carbocycles. The maximum Gasteiger partial charge on any atom is 0.152 e. The van der Waals surface area contributed by atoms with Gasteiger partial charge in [0.2, 0.25) is 0 Å². The van der Waals surface area contributed by atoms with Gasteiger partial charge in [-0.2, -0.15) is 0 Å². The van der Waals surface area contributed by atoms with Gasteiger partial charge in [-0.3, -0.25) is 4.79 Å². The molecule has 0 aliphatic heterocycles. The van der Waals surface area contributed by atoms with Crippen molar-refractivity contribution in [2.75, 3.05) is 5.73 Å². The van der Waals surface area contributed by atoms with Crippen molar-refractivity contribution in [1.29, 1.82) is 0 Å². The number of carbonyl (C=O) groups excluding carboxylic acids is 1. The number of ketones is 1. The predicted octanol–water partition coefficient (Wildman–Crippen LogP) is 7.89. The molecule has 0 unspecified atom stereocenters. The SMILES string of the molecule is C=C(c1ccc(C)cc1)c1cc(Cl)c(N)cc1C(=C/C)/C(=C\C(C)=O)C(C)C.CC. The Bertz CT molecular complexity index is 963. The molecule has 0 radical (unpaired) electrons. The van der Waals surface area contributed by atoms with Crippen LogP contribution in [0.25, 0.3) is 11.1 Å². The van der Waals surface area contributed by atoms with E-state index in [0.29, 0.717) is 10.7 Å². The highest BCUT2D eigenvalue weighted by Crippen LogP contribution is 2.38. The Labute approximate surface area is 187 Å². The van der Waals surface area contributed by atoms with E-state index in [0.717, 1.165) is 33.4 Å². The van der Waals surface area contributed by atoms with Crippen molar-refractivity contribution in [3.63, 3.8) is 0 Å². The Kier molecular flexibility index (Phi) is 9.81. The molecule has 2 aromatic carbocycles. The number of benzene rings is 2. The third kappa shape index (κ3) is 6.21. The average molecular weight is 424 g/mol. The zero-order valence-electron chi connectivity index (χ0n) is 19.3. The number of allylic oxidation sites excluding steroid dienone is 4. The molecular weight excluding hydrogens is 390 g/mol. The second kappa shape index (κ2) is 11.6. The summed E-state index contributed by atoms with van der Waals surface area (Å²) in [7, 11) is 0. The van der Waals surface area contributed by atoms with Crippen LogP contribution in [0.4, 0.5) is 5.69 Å². The van der Waals surface area contributed by atoms with Crippen LogP contribution in [0.1, 0.15) is 63.8 Å². The van der Waals surface area contributed by atoms with E-state index in [9.17, 15) is 4.79 Å². The summed E-state index contributed by atoms with van der Waals surface area (Å²) in [6, 6.07) is 12.0. The molecule has 0 aliphatic carbocycles. The first-order valence-corrected chi connectivity index (χ1v) is 10.8. The molecule has 2 nitrogen and oxygen atoms in total. The van der Waals surface area contributed by atoms with Crippen molar-refractivity contribution in [3.8, 4) is 0 Å². The Morgan fingerprint density at radius 1 is 1.10 bits per heavy atom. The highest BCUT2D eigenvalue weighted by molar-refractivity contribution is 6.33. The first kappa shape index (κ1) is 25.5. The third-order valence-corrected chi connectivity index (χ3v) is 5.06. The van der Waals surface area contributed by atoms with Gasteiger partial charge in [0.05, 0.1) is 10.7 Å². The first-order valence-electron chi connectivity index (χ1n) is 10.4. The lowest BCUT2D eigenvalue weighted by Gasteiger charge is -2.21. The smallest absolute Gasteiger partial charge is 0.152 e. The number of nitrogen functional groups attached to an aromatic ring is 1. The number of nitrogens with two attached hydrogens (primary N) is 1. The fraction of sp³-hybridized carbons (Fsp3) is 0.296. The lowest BCUT2D eigenvalue weighted by molar-refractivity contribution is -0.112. The molecule has 0 amide bonds. The number of hydrogen-bond acceptors (Lipinski definition) is 2. The lowest BCUT2D eigenvalue weighted by Crippen LogP contribution is -2.05. The fourth-order valence-corrected chi connectivity index (χ4v) is 3.39. The minimum Gasteiger partial charge on any atom is -0.398 e. The molecule has 0 bridgehead atoms. The van der Waals surface area contributed by atoms with E-state index < -0.39 is 0 Å². The van der Waals surface area contributed by atoms with Crippen molar-refractivity contribution in [2.24, 2.45) is 5.92 Å². The topological polar surface area (TPSA) is 43.1 Å². The Morgan fingerprint density at radius 2 is 1.67 bits per heavy atom. The molecule has 0 atom stereocenters. The quantitative estimate of drug-likeness (QED) is 0.291. The van der Waals surface area contributed by atoms with Gasteiger partial charge < -0.3 is 5.73 Å². The van der Waals surface area contributed by atoms with Crippen molar-refractivity contribution < 1.29 is 4.79 Å². The zero-order chi connectivity index (χ0) is 23.0. The molecule has 0 spiro atoms. The number of carbonyl (C=O) groups is 1. The summed E-state index contributed by atoms with van der Waals surface area (Å²) in [6.45, 7) is 18.1. The van der Waals surface area contributed by atoms with Gasteiger partial charge in [0.1, 0.15) is 0 Å². The van der Waals surface area contributed by atoms with E-state index >= 15 is 0 Å². The number of aryl methyl sites for hydroxylation is 1. The highest BCUT2D eigenvalue weighted by atomic mass is 35.5. The summed E-state index contributed by atoms with van der Waals surface area (Å²) in [4.78, 5) is 11.8. The standard InChI is InChI=1S/C25H28ClNO.C2H6/c1-7-20(21(15(2)3)12-17(5)28)23-14-25(27)24(26)13-22(23)18(6)19-10-8-16(4)9-11-19;1-2/h7-15H,6,27H2,1-5H3;1-2H3/b20-7+,21-12-;. The van der Waals surface area contributed by atoms with E-state index in [-0.39, 0.29) is 11.7 Å². The van der Waals surface area contributed by atoms with Crippen LogP contribution in [-0.2, 0) is 4.79 Å². The summed E-state index contributed by atoms with van der Waals surface area (Å²) < 4.78 is 0. The summed E-state index contributed by atoms with van der Waals surface area (Å²) in [5.74, 6) is 0.191. The second-order valence-electron chi connectivity index (χ2n) is 7.33. The van der Waals surface area contributed by atoms with Gasteiger partial charge in [0, 0.05) is 0 Å². The van der Waals surface area contributed by atoms with Crippen LogP contribution < -0.4 is 5.73 Å². The van der Waals surface area contributed by atoms with Crippen molar-refractivity contribution in [3.05, 3.63) is 88.0 Å². The molecule has 0 fully saturated rings. The Balaban J connectivity index is 0.00000218. The van der Waals surface area contributed by atoms with Gasteiger partial charge in [-0.05, 0) is 78.3 Å². The Hall–Kier alpha value is -2.58. The summed E-state index contributed by atoms with van der Waals surface area (Å²) in [5, 5.41) is 0.490. The normalized spacial score (nSPS) is 11.8. The maximum absolute atomic E-state index is 11.8.